The first-order valence-electron chi connectivity index (χ1n) is 8.05. The van der Waals surface area contributed by atoms with Crippen molar-refractivity contribution in [2.45, 2.75) is 19.1 Å². The van der Waals surface area contributed by atoms with Crippen LogP contribution in [0.2, 0.25) is 5.02 Å². The van der Waals surface area contributed by atoms with Crippen LogP contribution >= 0.6 is 11.6 Å². The number of morpholine rings is 1. The number of hydrogen-bond acceptors (Lipinski definition) is 3. The molecule has 2 aromatic rings. The number of amides is 1. The minimum atomic E-state index is -0.230. The minimum Gasteiger partial charge on any atom is -0.373 e. The van der Waals surface area contributed by atoms with Crippen molar-refractivity contribution in [3.8, 4) is 0 Å². The number of hydrogen-bond donors (Lipinski definition) is 2. The fraction of sp³-hybridized carbons (Fsp3) is 0.389. The van der Waals surface area contributed by atoms with Crippen LogP contribution in [0, 0.1) is 6.92 Å². The molecule has 2 N–H and O–H groups in total. The van der Waals surface area contributed by atoms with Crippen molar-refractivity contribution in [1.82, 2.24) is 15.2 Å². The summed E-state index contributed by atoms with van der Waals surface area (Å²) in [6, 6.07) is 9.11. The Morgan fingerprint density at radius 3 is 2.75 bits per heavy atom. The van der Waals surface area contributed by atoms with E-state index in [0.29, 0.717) is 17.2 Å². The second-order valence-corrected chi connectivity index (χ2v) is 6.63. The van der Waals surface area contributed by atoms with Gasteiger partial charge in [0.1, 0.15) is 0 Å². The molecule has 1 aromatic heterocycles. The van der Waals surface area contributed by atoms with Crippen LogP contribution in [0.1, 0.15) is 27.7 Å². The second kappa shape index (κ2) is 7.38. The number of nitrogens with one attached hydrogen (secondary N) is 2. The van der Waals surface area contributed by atoms with E-state index in [0.717, 1.165) is 24.3 Å². The molecule has 0 saturated carbocycles. The van der Waals surface area contributed by atoms with Gasteiger partial charge in [-0.25, -0.2) is 0 Å². The Kier molecular flexibility index (Phi) is 5.23. The number of likely N-dealkylation sites (N-methyl/N-ethyl adjacent to an activating group) is 1. The van der Waals surface area contributed by atoms with Gasteiger partial charge in [-0.1, -0.05) is 23.7 Å². The molecule has 1 aliphatic rings. The molecule has 0 spiro atoms. The van der Waals surface area contributed by atoms with E-state index in [1.807, 2.05) is 31.2 Å². The molecule has 1 amide bonds. The van der Waals surface area contributed by atoms with Crippen LogP contribution < -0.4 is 5.32 Å². The number of aryl methyl sites for hydroxylation is 1. The van der Waals surface area contributed by atoms with E-state index in [1.165, 1.54) is 0 Å². The highest BCUT2D eigenvalue weighted by molar-refractivity contribution is 6.30. The maximum absolute atomic E-state index is 12.7. The summed E-state index contributed by atoms with van der Waals surface area (Å²) in [5.41, 5.74) is 2.49. The monoisotopic (exact) mass is 347 g/mol. The van der Waals surface area contributed by atoms with Crippen LogP contribution in [-0.4, -0.2) is 48.6 Å². The van der Waals surface area contributed by atoms with Crippen molar-refractivity contribution in [3.05, 3.63) is 58.4 Å². The number of aromatic nitrogens is 1. The van der Waals surface area contributed by atoms with Crippen LogP contribution in [0.4, 0.5) is 0 Å². The van der Waals surface area contributed by atoms with Gasteiger partial charge in [0.25, 0.3) is 5.91 Å². The molecule has 0 bridgehead atoms. The molecule has 5 nitrogen and oxygen atoms in total. The first kappa shape index (κ1) is 17.0. The number of H-pyrrole nitrogens is 1. The van der Waals surface area contributed by atoms with Crippen molar-refractivity contribution in [1.29, 1.82) is 0 Å². The van der Waals surface area contributed by atoms with Crippen molar-refractivity contribution in [2.75, 3.05) is 26.7 Å². The Morgan fingerprint density at radius 2 is 2.12 bits per heavy atom. The topological polar surface area (TPSA) is 57.4 Å². The average Bonchev–Trinajstić information content (AvgIpc) is 2.99. The molecule has 24 heavy (non-hydrogen) atoms. The summed E-state index contributed by atoms with van der Waals surface area (Å²) >= 11 is 6.00. The molecule has 0 radical (unpaired) electrons. The third-order valence-corrected chi connectivity index (χ3v) is 4.63. The van der Waals surface area contributed by atoms with Gasteiger partial charge in [-0.15, -0.1) is 0 Å². The van der Waals surface area contributed by atoms with Gasteiger partial charge in [-0.2, -0.15) is 0 Å². The number of rotatable bonds is 4. The summed E-state index contributed by atoms with van der Waals surface area (Å²) < 4.78 is 5.95. The van der Waals surface area contributed by atoms with Crippen LogP contribution in [0.3, 0.4) is 0 Å². The van der Waals surface area contributed by atoms with Crippen LogP contribution in [-0.2, 0) is 4.74 Å². The third kappa shape index (κ3) is 3.80. The molecule has 0 unspecified atom stereocenters. The predicted molar refractivity (Wildman–Crippen MR) is 94.4 cm³/mol. The van der Waals surface area contributed by atoms with E-state index >= 15 is 0 Å². The summed E-state index contributed by atoms with van der Waals surface area (Å²) in [7, 11) is 2.06. The third-order valence-electron chi connectivity index (χ3n) is 4.38. The van der Waals surface area contributed by atoms with Crippen molar-refractivity contribution < 1.29 is 9.53 Å². The highest BCUT2D eigenvalue weighted by Crippen LogP contribution is 2.24. The van der Waals surface area contributed by atoms with E-state index in [4.69, 9.17) is 16.3 Å². The van der Waals surface area contributed by atoms with Gasteiger partial charge in [-0.05, 0) is 37.7 Å². The van der Waals surface area contributed by atoms with E-state index in [9.17, 15) is 4.79 Å². The second-order valence-electron chi connectivity index (χ2n) is 6.19. The number of ether oxygens (including phenoxy) is 1. The number of aromatic amines is 1. The molecule has 2 atom stereocenters. The lowest BCUT2D eigenvalue weighted by Gasteiger charge is -2.35. The summed E-state index contributed by atoms with van der Waals surface area (Å²) in [5.74, 6) is -0.106. The predicted octanol–water partition coefficient (Wildman–Crippen LogP) is 2.78. The molecule has 1 aromatic carbocycles. The van der Waals surface area contributed by atoms with E-state index < -0.39 is 0 Å². The maximum atomic E-state index is 12.7. The zero-order valence-electron chi connectivity index (χ0n) is 13.9. The molecule has 1 fully saturated rings. The molecule has 0 aliphatic carbocycles. The summed E-state index contributed by atoms with van der Waals surface area (Å²) in [5, 5.41) is 3.81. The first-order chi connectivity index (χ1) is 11.5. The Labute approximate surface area is 146 Å². The quantitative estimate of drug-likeness (QED) is 0.894. The summed E-state index contributed by atoms with van der Waals surface area (Å²) in [4.78, 5) is 17.9. The molecule has 128 valence electrons. The van der Waals surface area contributed by atoms with Crippen molar-refractivity contribution in [2.24, 2.45) is 0 Å². The Morgan fingerprint density at radius 1 is 1.38 bits per heavy atom. The van der Waals surface area contributed by atoms with Gasteiger partial charge in [0.05, 0.1) is 24.3 Å². The molecule has 1 aliphatic heterocycles. The molecule has 6 heteroatoms. The number of carbonyl (C=O) groups is 1. The largest absolute Gasteiger partial charge is 0.373 e. The van der Waals surface area contributed by atoms with Gasteiger partial charge in [-0.3, -0.25) is 4.79 Å². The van der Waals surface area contributed by atoms with Crippen LogP contribution in [0.25, 0.3) is 0 Å². The summed E-state index contributed by atoms with van der Waals surface area (Å²) in [6.45, 7) is 4.20. The highest BCUT2D eigenvalue weighted by Gasteiger charge is 2.30. The molecular formula is C18H22ClN3O2. The van der Waals surface area contributed by atoms with E-state index in [-0.39, 0.29) is 18.1 Å². The number of halogens is 1. The fourth-order valence-electron chi connectivity index (χ4n) is 2.99. The normalized spacial score (nSPS) is 19.9. The lowest BCUT2D eigenvalue weighted by atomic mass is 9.99. The molecular weight excluding hydrogens is 326 g/mol. The van der Waals surface area contributed by atoms with E-state index in [2.05, 4.69) is 22.2 Å². The van der Waals surface area contributed by atoms with Gasteiger partial charge in [0, 0.05) is 30.0 Å². The van der Waals surface area contributed by atoms with Crippen molar-refractivity contribution in [3.63, 3.8) is 0 Å². The summed E-state index contributed by atoms with van der Waals surface area (Å²) in [6.07, 6.45) is 1.67. The number of benzene rings is 1. The molecule has 3 rings (SSSR count). The minimum absolute atomic E-state index is 0.104. The Balaban J connectivity index is 1.85. The van der Waals surface area contributed by atoms with Gasteiger partial charge >= 0.3 is 0 Å². The fourth-order valence-corrected chi connectivity index (χ4v) is 3.12. The molecule has 1 saturated heterocycles. The van der Waals surface area contributed by atoms with Crippen LogP contribution in [0.15, 0.2) is 36.5 Å². The highest BCUT2D eigenvalue weighted by atomic mass is 35.5. The average molecular weight is 348 g/mol. The zero-order valence-corrected chi connectivity index (χ0v) is 14.6. The smallest absolute Gasteiger partial charge is 0.253 e. The standard InChI is InChI=1S/C18H22ClN3O2/c1-12-15(7-8-20-12)18(23)21-17(13-3-5-14(19)6-4-13)16-11-22(2)9-10-24-16/h3-8,16-17,20H,9-11H2,1-2H3,(H,21,23)/t16-,17+/m1/s1. The lowest BCUT2D eigenvalue weighted by Crippen LogP contribution is -2.48. The number of nitrogens with zero attached hydrogens (tertiary/aromatic N) is 1. The lowest BCUT2D eigenvalue weighted by molar-refractivity contribution is -0.0380. The first-order valence-corrected chi connectivity index (χ1v) is 8.43. The zero-order chi connectivity index (χ0) is 17.1. The SMILES string of the molecule is Cc1[nH]ccc1C(=O)N[C@@H](c1ccc(Cl)cc1)[C@H]1CN(C)CCO1. The maximum Gasteiger partial charge on any atom is 0.253 e. The van der Waals surface area contributed by atoms with Gasteiger partial charge in [0.15, 0.2) is 0 Å². The Hall–Kier alpha value is -1.82. The number of carbonyl (C=O) groups excluding carboxylic acids is 1. The van der Waals surface area contributed by atoms with Crippen LogP contribution in [0.5, 0.6) is 0 Å². The Bertz CT molecular complexity index is 699. The van der Waals surface area contributed by atoms with Crippen molar-refractivity contribution >= 4 is 17.5 Å². The van der Waals surface area contributed by atoms with E-state index in [1.54, 1.807) is 12.3 Å². The van der Waals surface area contributed by atoms with Gasteiger partial charge in [0.2, 0.25) is 0 Å². The van der Waals surface area contributed by atoms with Gasteiger partial charge < -0.3 is 19.9 Å². The molecule has 2 heterocycles.